The Bertz CT molecular complexity index is 495. The number of ether oxygens (including phenoxy) is 1. The molecular formula is C17H27ClN2O2. The fourth-order valence-corrected chi connectivity index (χ4v) is 3.33. The molecule has 1 aromatic rings. The predicted molar refractivity (Wildman–Crippen MR) is 91.7 cm³/mol. The molecule has 1 aliphatic rings. The molecule has 22 heavy (non-hydrogen) atoms. The Balaban J connectivity index is 0.00000242. The number of carbonyl (C=O) groups is 1. The number of methoxy groups -OCH3 is 1. The highest BCUT2D eigenvalue weighted by molar-refractivity contribution is 5.88. The van der Waals surface area contributed by atoms with Gasteiger partial charge in [0.1, 0.15) is 5.75 Å². The molecule has 2 rings (SSSR count). The van der Waals surface area contributed by atoms with Crippen LogP contribution in [0, 0.1) is 0 Å². The van der Waals surface area contributed by atoms with E-state index in [1.165, 1.54) is 0 Å². The van der Waals surface area contributed by atoms with E-state index in [-0.39, 0.29) is 18.3 Å². The third-order valence-corrected chi connectivity index (χ3v) is 4.60. The van der Waals surface area contributed by atoms with Crippen molar-refractivity contribution in [2.24, 2.45) is 5.73 Å². The summed E-state index contributed by atoms with van der Waals surface area (Å²) in [5, 5.41) is 0. The first-order valence-electron chi connectivity index (χ1n) is 7.82. The Hall–Kier alpha value is -1.26. The highest BCUT2D eigenvalue weighted by Crippen LogP contribution is 2.38. The highest BCUT2D eigenvalue weighted by Gasteiger charge is 2.42. The van der Waals surface area contributed by atoms with Crippen molar-refractivity contribution in [3.05, 3.63) is 29.8 Å². The maximum Gasteiger partial charge on any atom is 0.233 e. The van der Waals surface area contributed by atoms with E-state index in [0.29, 0.717) is 13.1 Å². The molecule has 1 unspecified atom stereocenters. The smallest absolute Gasteiger partial charge is 0.233 e. The van der Waals surface area contributed by atoms with Crippen LogP contribution in [-0.2, 0) is 10.2 Å². The first-order valence-corrected chi connectivity index (χ1v) is 7.82. The second kappa shape index (κ2) is 8.39. The molecule has 4 nitrogen and oxygen atoms in total. The zero-order valence-electron chi connectivity index (χ0n) is 13.5. The Morgan fingerprint density at radius 1 is 1.36 bits per heavy atom. The Morgan fingerprint density at radius 3 is 2.77 bits per heavy atom. The van der Waals surface area contributed by atoms with Gasteiger partial charge in [-0.15, -0.1) is 12.4 Å². The van der Waals surface area contributed by atoms with E-state index >= 15 is 0 Å². The molecule has 0 saturated carbocycles. The van der Waals surface area contributed by atoms with Gasteiger partial charge in [-0.3, -0.25) is 4.79 Å². The van der Waals surface area contributed by atoms with Crippen LogP contribution in [-0.4, -0.2) is 37.6 Å². The number of rotatable bonds is 5. The molecule has 1 amide bonds. The summed E-state index contributed by atoms with van der Waals surface area (Å²) in [6, 6.07) is 7.95. The van der Waals surface area contributed by atoms with E-state index in [1.807, 2.05) is 23.1 Å². The molecule has 1 aromatic carbocycles. The van der Waals surface area contributed by atoms with Crippen molar-refractivity contribution in [1.82, 2.24) is 4.90 Å². The fourth-order valence-electron chi connectivity index (χ4n) is 3.33. The Labute approximate surface area is 139 Å². The van der Waals surface area contributed by atoms with Gasteiger partial charge in [-0.05, 0) is 37.0 Å². The zero-order valence-corrected chi connectivity index (χ0v) is 14.3. The number of halogens is 1. The molecule has 0 aromatic heterocycles. The van der Waals surface area contributed by atoms with E-state index in [1.54, 1.807) is 7.11 Å². The molecule has 2 N–H and O–H groups in total. The monoisotopic (exact) mass is 326 g/mol. The third kappa shape index (κ3) is 3.55. The molecule has 0 aliphatic carbocycles. The lowest BCUT2D eigenvalue weighted by atomic mass is 9.73. The van der Waals surface area contributed by atoms with Crippen molar-refractivity contribution in [3.8, 4) is 5.75 Å². The van der Waals surface area contributed by atoms with Crippen LogP contribution in [0.5, 0.6) is 5.75 Å². The Kier molecular flexibility index (Phi) is 7.17. The molecule has 1 heterocycles. The molecule has 0 spiro atoms. The normalized spacial score (nSPS) is 22.0. The molecule has 1 aliphatic heterocycles. The van der Waals surface area contributed by atoms with Crippen LogP contribution < -0.4 is 10.5 Å². The van der Waals surface area contributed by atoms with Crippen molar-refractivity contribution in [2.45, 2.75) is 38.0 Å². The van der Waals surface area contributed by atoms with Crippen LogP contribution >= 0.6 is 12.4 Å². The SMILES string of the molecule is CCC1(c2cccc(OC)c2)CCCCN(CCN)C1=O.Cl. The van der Waals surface area contributed by atoms with E-state index in [2.05, 4.69) is 13.0 Å². The van der Waals surface area contributed by atoms with Crippen LogP contribution in [0.4, 0.5) is 0 Å². The fraction of sp³-hybridized carbons (Fsp3) is 0.588. The van der Waals surface area contributed by atoms with Gasteiger partial charge in [0.15, 0.2) is 0 Å². The number of benzene rings is 1. The van der Waals surface area contributed by atoms with E-state index in [9.17, 15) is 4.79 Å². The summed E-state index contributed by atoms with van der Waals surface area (Å²) >= 11 is 0. The largest absolute Gasteiger partial charge is 0.497 e. The van der Waals surface area contributed by atoms with Gasteiger partial charge in [-0.1, -0.05) is 25.5 Å². The quantitative estimate of drug-likeness (QED) is 0.905. The van der Waals surface area contributed by atoms with E-state index in [0.717, 1.165) is 43.5 Å². The average Bonchev–Trinajstić information content (AvgIpc) is 2.68. The standard InChI is InChI=1S/C17H26N2O2.ClH/c1-3-17(14-7-6-8-15(13-14)21-2)9-4-5-11-19(12-10-18)16(17)20;/h6-8,13H,3-5,9-12,18H2,1-2H3;1H. The first-order chi connectivity index (χ1) is 10.2. The minimum absolute atomic E-state index is 0. The first kappa shape index (κ1) is 18.8. The summed E-state index contributed by atoms with van der Waals surface area (Å²) in [5.74, 6) is 1.03. The van der Waals surface area contributed by atoms with Crippen molar-refractivity contribution in [3.63, 3.8) is 0 Å². The lowest BCUT2D eigenvalue weighted by Crippen LogP contribution is -2.47. The zero-order chi connectivity index (χ0) is 15.3. The summed E-state index contributed by atoms with van der Waals surface area (Å²) < 4.78 is 5.33. The van der Waals surface area contributed by atoms with Gasteiger partial charge in [0.05, 0.1) is 12.5 Å². The summed E-state index contributed by atoms with van der Waals surface area (Å²) in [6.45, 7) is 4.08. The average molecular weight is 327 g/mol. The molecule has 124 valence electrons. The molecule has 1 saturated heterocycles. The number of amides is 1. The highest BCUT2D eigenvalue weighted by atomic mass is 35.5. The number of nitrogens with two attached hydrogens (primary N) is 1. The van der Waals surface area contributed by atoms with Crippen molar-refractivity contribution in [2.75, 3.05) is 26.7 Å². The Morgan fingerprint density at radius 2 is 2.14 bits per heavy atom. The maximum absolute atomic E-state index is 13.1. The van der Waals surface area contributed by atoms with Crippen molar-refractivity contribution < 1.29 is 9.53 Å². The second-order valence-corrected chi connectivity index (χ2v) is 5.71. The maximum atomic E-state index is 13.1. The number of nitrogens with zero attached hydrogens (tertiary/aromatic N) is 1. The van der Waals surface area contributed by atoms with Gasteiger partial charge in [0.2, 0.25) is 5.91 Å². The van der Waals surface area contributed by atoms with Crippen LogP contribution in [0.25, 0.3) is 0 Å². The van der Waals surface area contributed by atoms with Gasteiger partial charge < -0.3 is 15.4 Å². The summed E-state index contributed by atoms with van der Waals surface area (Å²) in [5.41, 5.74) is 6.31. The summed E-state index contributed by atoms with van der Waals surface area (Å²) in [6.07, 6.45) is 3.83. The predicted octanol–water partition coefficient (Wildman–Crippen LogP) is 2.74. The van der Waals surface area contributed by atoms with Gasteiger partial charge in [0.25, 0.3) is 0 Å². The van der Waals surface area contributed by atoms with Crippen molar-refractivity contribution >= 4 is 18.3 Å². The molecule has 0 radical (unpaired) electrons. The third-order valence-electron chi connectivity index (χ3n) is 4.60. The number of carbonyl (C=O) groups excluding carboxylic acids is 1. The van der Waals surface area contributed by atoms with E-state index in [4.69, 9.17) is 10.5 Å². The minimum Gasteiger partial charge on any atom is -0.497 e. The topological polar surface area (TPSA) is 55.6 Å². The van der Waals surface area contributed by atoms with Crippen LogP contribution in [0.15, 0.2) is 24.3 Å². The molecule has 1 fully saturated rings. The minimum atomic E-state index is -0.430. The summed E-state index contributed by atoms with van der Waals surface area (Å²) in [4.78, 5) is 15.1. The number of likely N-dealkylation sites (tertiary alicyclic amines) is 1. The van der Waals surface area contributed by atoms with Gasteiger partial charge >= 0.3 is 0 Å². The molecule has 0 bridgehead atoms. The van der Waals surface area contributed by atoms with Gasteiger partial charge in [0, 0.05) is 19.6 Å². The van der Waals surface area contributed by atoms with E-state index < -0.39 is 5.41 Å². The van der Waals surface area contributed by atoms with Crippen LogP contribution in [0.2, 0.25) is 0 Å². The lowest BCUT2D eigenvalue weighted by molar-refractivity contribution is -0.137. The van der Waals surface area contributed by atoms with Crippen LogP contribution in [0.1, 0.15) is 38.2 Å². The second-order valence-electron chi connectivity index (χ2n) is 5.71. The molecule has 1 atom stereocenters. The lowest BCUT2D eigenvalue weighted by Gasteiger charge is -2.35. The van der Waals surface area contributed by atoms with Gasteiger partial charge in [-0.2, -0.15) is 0 Å². The number of hydrogen-bond donors (Lipinski definition) is 1. The van der Waals surface area contributed by atoms with Crippen molar-refractivity contribution in [1.29, 1.82) is 0 Å². The summed E-state index contributed by atoms with van der Waals surface area (Å²) in [7, 11) is 1.66. The van der Waals surface area contributed by atoms with Gasteiger partial charge in [-0.25, -0.2) is 0 Å². The van der Waals surface area contributed by atoms with Crippen LogP contribution in [0.3, 0.4) is 0 Å². The number of hydrogen-bond acceptors (Lipinski definition) is 3. The molecular weight excluding hydrogens is 300 g/mol. The molecule has 5 heteroatoms.